The Morgan fingerprint density at radius 1 is 1.10 bits per heavy atom. The zero-order valence-corrected chi connectivity index (χ0v) is 17.3. The van der Waals surface area contributed by atoms with Crippen LogP contribution in [-0.4, -0.2) is 41.8 Å². The number of esters is 1. The van der Waals surface area contributed by atoms with Gasteiger partial charge in [-0.1, -0.05) is 5.16 Å². The Labute approximate surface area is 178 Å². The Morgan fingerprint density at radius 2 is 1.90 bits per heavy atom. The molecule has 0 fully saturated rings. The molecule has 2 aromatic heterocycles. The first-order valence-corrected chi connectivity index (χ1v) is 9.80. The third kappa shape index (κ3) is 6.33. The van der Waals surface area contributed by atoms with Crippen molar-refractivity contribution in [3.63, 3.8) is 0 Å². The minimum atomic E-state index is -0.561. The number of rotatable bonds is 11. The van der Waals surface area contributed by atoms with E-state index in [0.29, 0.717) is 42.0 Å². The van der Waals surface area contributed by atoms with Crippen molar-refractivity contribution in [1.82, 2.24) is 10.1 Å². The highest BCUT2D eigenvalue weighted by atomic mass is 16.5. The molecule has 0 aliphatic heterocycles. The molecule has 10 heteroatoms. The van der Waals surface area contributed by atoms with E-state index in [4.69, 9.17) is 23.2 Å². The lowest BCUT2D eigenvalue weighted by Gasteiger charge is -2.13. The van der Waals surface area contributed by atoms with Crippen molar-refractivity contribution < 1.29 is 32.7 Å². The van der Waals surface area contributed by atoms with Crippen LogP contribution in [0.4, 0.5) is 5.69 Å². The molecule has 0 saturated heterocycles. The Balaban J connectivity index is 1.44. The van der Waals surface area contributed by atoms with Crippen molar-refractivity contribution in [2.24, 2.45) is 0 Å². The second-order valence-electron chi connectivity index (χ2n) is 6.23. The Kier molecular flexibility index (Phi) is 7.63. The lowest BCUT2D eigenvalue weighted by molar-refractivity contribution is -0.147. The highest BCUT2D eigenvalue weighted by Crippen LogP contribution is 2.30. The van der Waals surface area contributed by atoms with Crippen LogP contribution < -0.4 is 14.8 Å². The van der Waals surface area contributed by atoms with E-state index in [0.717, 1.165) is 0 Å². The smallest absolute Gasteiger partial charge is 0.306 e. The molecular weight excluding hydrogens is 406 g/mol. The standard InChI is InChI=1S/C21H23N3O7/c1-3-27-15-8-7-14(12-17(15)28-4-2)22-18(25)13-30-20(26)10-9-19-23-21(24-31-19)16-6-5-11-29-16/h5-8,11-12H,3-4,9-10,13H2,1-2H3,(H,22,25). The fourth-order valence-corrected chi connectivity index (χ4v) is 2.62. The van der Waals surface area contributed by atoms with E-state index in [1.165, 1.54) is 6.26 Å². The molecular formula is C21H23N3O7. The fourth-order valence-electron chi connectivity index (χ4n) is 2.62. The summed E-state index contributed by atoms with van der Waals surface area (Å²) in [5.74, 6) is 1.11. The van der Waals surface area contributed by atoms with E-state index in [2.05, 4.69) is 15.5 Å². The molecule has 10 nitrogen and oxygen atoms in total. The van der Waals surface area contributed by atoms with E-state index >= 15 is 0 Å². The van der Waals surface area contributed by atoms with Gasteiger partial charge in [0.05, 0.1) is 25.9 Å². The fraction of sp³-hybridized carbons (Fsp3) is 0.333. The maximum atomic E-state index is 12.1. The highest BCUT2D eigenvalue weighted by molar-refractivity contribution is 5.93. The van der Waals surface area contributed by atoms with Gasteiger partial charge in [0.25, 0.3) is 5.91 Å². The van der Waals surface area contributed by atoms with E-state index in [1.807, 2.05) is 13.8 Å². The number of aromatic nitrogens is 2. The molecule has 0 aliphatic rings. The van der Waals surface area contributed by atoms with Crippen LogP contribution in [0.1, 0.15) is 26.2 Å². The maximum Gasteiger partial charge on any atom is 0.306 e. The van der Waals surface area contributed by atoms with Crippen LogP contribution in [0.2, 0.25) is 0 Å². The van der Waals surface area contributed by atoms with Gasteiger partial charge < -0.3 is 28.5 Å². The average molecular weight is 429 g/mol. The Morgan fingerprint density at radius 3 is 2.65 bits per heavy atom. The van der Waals surface area contributed by atoms with Gasteiger partial charge in [0.15, 0.2) is 23.9 Å². The van der Waals surface area contributed by atoms with Crippen LogP contribution in [0.15, 0.2) is 45.5 Å². The molecule has 3 aromatic rings. The van der Waals surface area contributed by atoms with Gasteiger partial charge in [-0.3, -0.25) is 9.59 Å². The van der Waals surface area contributed by atoms with E-state index in [1.54, 1.807) is 30.3 Å². The summed E-state index contributed by atoms with van der Waals surface area (Å²) in [6.45, 7) is 4.26. The molecule has 0 aliphatic carbocycles. The Hall–Kier alpha value is -3.82. The normalized spacial score (nSPS) is 10.5. The quantitative estimate of drug-likeness (QED) is 0.457. The zero-order valence-electron chi connectivity index (χ0n) is 17.3. The minimum absolute atomic E-state index is 0.00932. The summed E-state index contributed by atoms with van der Waals surface area (Å²) < 4.78 is 26.3. The van der Waals surface area contributed by atoms with Gasteiger partial charge in [-0.2, -0.15) is 4.98 Å². The van der Waals surface area contributed by atoms with Crippen LogP contribution >= 0.6 is 0 Å². The summed E-state index contributed by atoms with van der Waals surface area (Å²) in [6.07, 6.45) is 1.67. The van der Waals surface area contributed by atoms with Crippen molar-refractivity contribution in [3.8, 4) is 23.1 Å². The SMILES string of the molecule is CCOc1ccc(NC(=O)COC(=O)CCc2nc(-c3ccco3)no2)cc1OCC. The average Bonchev–Trinajstić information content (AvgIpc) is 3.45. The summed E-state index contributed by atoms with van der Waals surface area (Å²) in [6, 6.07) is 8.44. The van der Waals surface area contributed by atoms with E-state index in [-0.39, 0.29) is 18.7 Å². The maximum absolute atomic E-state index is 12.1. The predicted octanol–water partition coefficient (Wildman–Crippen LogP) is 3.24. The number of nitrogens with zero attached hydrogens (tertiary/aromatic N) is 2. The predicted molar refractivity (Wildman–Crippen MR) is 109 cm³/mol. The molecule has 2 heterocycles. The first-order chi connectivity index (χ1) is 15.1. The number of aryl methyl sites for hydroxylation is 1. The molecule has 0 saturated carbocycles. The van der Waals surface area contributed by atoms with Crippen molar-refractivity contribution in [1.29, 1.82) is 0 Å². The first kappa shape index (κ1) is 21.9. The number of carbonyl (C=O) groups excluding carboxylic acids is 2. The van der Waals surface area contributed by atoms with Crippen molar-refractivity contribution >= 4 is 17.6 Å². The second kappa shape index (κ2) is 10.8. The second-order valence-corrected chi connectivity index (χ2v) is 6.23. The number of nitrogens with one attached hydrogen (secondary N) is 1. The summed E-state index contributed by atoms with van der Waals surface area (Å²) >= 11 is 0. The molecule has 0 unspecified atom stereocenters. The monoisotopic (exact) mass is 429 g/mol. The molecule has 1 N–H and O–H groups in total. The number of hydrogen-bond donors (Lipinski definition) is 1. The number of anilines is 1. The molecule has 1 aromatic carbocycles. The summed E-state index contributed by atoms with van der Waals surface area (Å²) in [5.41, 5.74) is 0.504. The van der Waals surface area contributed by atoms with Gasteiger partial charge in [0, 0.05) is 18.2 Å². The van der Waals surface area contributed by atoms with E-state index < -0.39 is 18.5 Å². The minimum Gasteiger partial charge on any atom is -0.490 e. The molecule has 31 heavy (non-hydrogen) atoms. The summed E-state index contributed by atoms with van der Waals surface area (Å²) in [4.78, 5) is 28.2. The van der Waals surface area contributed by atoms with Crippen LogP contribution in [0.5, 0.6) is 11.5 Å². The van der Waals surface area contributed by atoms with Gasteiger partial charge in [-0.25, -0.2) is 0 Å². The zero-order chi connectivity index (χ0) is 22.1. The number of carbonyl (C=O) groups is 2. The van der Waals surface area contributed by atoms with Gasteiger partial charge in [0.2, 0.25) is 11.7 Å². The van der Waals surface area contributed by atoms with Gasteiger partial charge in [-0.15, -0.1) is 0 Å². The molecule has 0 spiro atoms. The molecule has 0 radical (unpaired) electrons. The number of ether oxygens (including phenoxy) is 3. The highest BCUT2D eigenvalue weighted by Gasteiger charge is 2.14. The van der Waals surface area contributed by atoms with Crippen molar-refractivity contribution in [2.75, 3.05) is 25.1 Å². The first-order valence-electron chi connectivity index (χ1n) is 9.80. The van der Waals surface area contributed by atoms with Crippen molar-refractivity contribution in [3.05, 3.63) is 42.5 Å². The molecule has 164 valence electrons. The van der Waals surface area contributed by atoms with Crippen LogP contribution in [0, 0.1) is 0 Å². The van der Waals surface area contributed by atoms with Crippen LogP contribution in [0.25, 0.3) is 11.6 Å². The third-order valence-electron chi connectivity index (χ3n) is 3.94. The summed E-state index contributed by atoms with van der Waals surface area (Å²) in [5, 5.41) is 6.44. The number of amides is 1. The number of furan rings is 1. The van der Waals surface area contributed by atoms with E-state index in [9.17, 15) is 9.59 Å². The topological polar surface area (TPSA) is 126 Å². The lowest BCUT2D eigenvalue weighted by atomic mass is 10.2. The van der Waals surface area contributed by atoms with Crippen LogP contribution in [-0.2, 0) is 20.7 Å². The van der Waals surface area contributed by atoms with Crippen molar-refractivity contribution in [2.45, 2.75) is 26.7 Å². The van der Waals surface area contributed by atoms with Crippen LogP contribution in [0.3, 0.4) is 0 Å². The third-order valence-corrected chi connectivity index (χ3v) is 3.94. The molecule has 3 rings (SSSR count). The molecule has 0 bridgehead atoms. The summed E-state index contributed by atoms with van der Waals surface area (Å²) in [7, 11) is 0. The largest absolute Gasteiger partial charge is 0.490 e. The van der Waals surface area contributed by atoms with Gasteiger partial charge in [-0.05, 0) is 38.1 Å². The lowest BCUT2D eigenvalue weighted by Crippen LogP contribution is -2.21. The Bertz CT molecular complexity index is 998. The number of hydrogen-bond acceptors (Lipinski definition) is 9. The molecule has 0 atom stereocenters. The molecule has 1 amide bonds. The number of benzene rings is 1. The van der Waals surface area contributed by atoms with Gasteiger partial charge >= 0.3 is 5.97 Å². The van der Waals surface area contributed by atoms with Gasteiger partial charge in [0.1, 0.15) is 0 Å².